The normalized spacial score (nSPS) is 16.9. The van der Waals surface area contributed by atoms with Crippen LogP contribution in [0.5, 0.6) is 11.5 Å². The van der Waals surface area contributed by atoms with Crippen LogP contribution in [-0.4, -0.2) is 58.1 Å². The molecular weight excluding hydrogens is 533 g/mol. The molecule has 1 saturated heterocycles. The van der Waals surface area contributed by atoms with E-state index >= 15 is 0 Å². The van der Waals surface area contributed by atoms with Gasteiger partial charge in [0.1, 0.15) is 24.4 Å². The minimum atomic E-state index is -0.760. The van der Waals surface area contributed by atoms with Crippen molar-refractivity contribution in [3.8, 4) is 22.6 Å². The lowest BCUT2D eigenvalue weighted by molar-refractivity contribution is 0.00578. The Kier molecular flexibility index (Phi) is 8.17. The minimum Gasteiger partial charge on any atom is -0.496 e. The van der Waals surface area contributed by atoms with Gasteiger partial charge in [0.05, 0.1) is 31.0 Å². The average molecular weight is 569 g/mol. The maximum atomic E-state index is 13.0. The van der Waals surface area contributed by atoms with E-state index in [0.717, 1.165) is 28.5 Å². The Hall–Kier alpha value is -4.08. The Labute approximate surface area is 247 Å². The molecule has 0 saturated carbocycles. The number of ether oxygens (including phenoxy) is 3. The summed E-state index contributed by atoms with van der Waals surface area (Å²) in [6.07, 6.45) is 1.97. The molecule has 8 nitrogen and oxygen atoms in total. The number of rotatable bonds is 9. The predicted molar refractivity (Wildman–Crippen MR) is 162 cm³/mol. The molecule has 0 bridgehead atoms. The summed E-state index contributed by atoms with van der Waals surface area (Å²) >= 11 is 0. The molecule has 1 heterocycles. The number of aldehydes is 1. The van der Waals surface area contributed by atoms with Crippen LogP contribution in [0.25, 0.3) is 17.2 Å². The molecule has 1 aliphatic carbocycles. The number of carbonyl (C=O) groups excluding carboxylic acids is 2. The number of fused-ring (bicyclic) bond motifs is 3. The number of carbonyl (C=O) groups is 2. The summed E-state index contributed by atoms with van der Waals surface area (Å²) in [5.74, 6) is 0.823. The molecule has 0 aromatic heterocycles. The fourth-order valence-corrected chi connectivity index (χ4v) is 5.38. The summed E-state index contributed by atoms with van der Waals surface area (Å²) in [6, 6.07) is 19.7. The second-order valence-corrected chi connectivity index (χ2v) is 11.4. The summed E-state index contributed by atoms with van der Waals surface area (Å²) in [4.78, 5) is 24.5. The van der Waals surface area contributed by atoms with Crippen LogP contribution < -0.4 is 14.8 Å². The number of alkyl carbamates (subject to hydrolysis) is 1. The number of benzene rings is 3. The Bertz CT molecular complexity index is 1440. The summed E-state index contributed by atoms with van der Waals surface area (Å²) in [5, 5.41) is 2.88. The van der Waals surface area contributed by atoms with E-state index in [0.29, 0.717) is 28.1 Å². The SMILES string of the molecule is COc1cc(C=O)cc(OC)c1C=C(CNC(=O)OCC1c2ccccc2-c2ccccc21)B1OC(C)(C)C(C)(C)O1. The van der Waals surface area contributed by atoms with Gasteiger partial charge in [0, 0.05) is 18.0 Å². The van der Waals surface area contributed by atoms with Crippen molar-refractivity contribution in [3.63, 3.8) is 0 Å². The van der Waals surface area contributed by atoms with Crippen molar-refractivity contribution >= 4 is 25.6 Å². The first-order chi connectivity index (χ1) is 20.1. The molecule has 1 fully saturated rings. The fourth-order valence-electron chi connectivity index (χ4n) is 5.38. The van der Waals surface area contributed by atoms with Gasteiger partial charge in [-0.3, -0.25) is 4.79 Å². The Morgan fingerprint density at radius 2 is 1.43 bits per heavy atom. The third-order valence-electron chi connectivity index (χ3n) is 8.37. The van der Waals surface area contributed by atoms with Gasteiger partial charge < -0.3 is 28.8 Å². The highest BCUT2D eigenvalue weighted by Crippen LogP contribution is 2.44. The maximum Gasteiger partial charge on any atom is 0.492 e. The monoisotopic (exact) mass is 569 g/mol. The topological polar surface area (TPSA) is 92.3 Å². The molecule has 3 aromatic rings. The summed E-state index contributed by atoms with van der Waals surface area (Å²) in [7, 11) is 2.28. The molecule has 42 heavy (non-hydrogen) atoms. The summed E-state index contributed by atoms with van der Waals surface area (Å²) in [5.41, 5.74) is 5.03. The predicted octanol–water partition coefficient (Wildman–Crippen LogP) is 6.07. The van der Waals surface area contributed by atoms with E-state index in [4.69, 9.17) is 23.5 Å². The fraction of sp³-hybridized carbons (Fsp3) is 0.333. The van der Waals surface area contributed by atoms with Gasteiger partial charge >= 0.3 is 13.2 Å². The van der Waals surface area contributed by atoms with Crippen molar-refractivity contribution in [2.45, 2.75) is 44.8 Å². The van der Waals surface area contributed by atoms with Gasteiger partial charge in [-0.2, -0.15) is 0 Å². The highest BCUT2D eigenvalue weighted by Gasteiger charge is 2.52. The highest BCUT2D eigenvalue weighted by molar-refractivity contribution is 6.56. The van der Waals surface area contributed by atoms with E-state index in [-0.39, 0.29) is 19.1 Å². The van der Waals surface area contributed by atoms with E-state index < -0.39 is 24.4 Å². The van der Waals surface area contributed by atoms with Gasteiger partial charge in [0.15, 0.2) is 0 Å². The van der Waals surface area contributed by atoms with Crippen molar-refractivity contribution in [2.75, 3.05) is 27.4 Å². The lowest BCUT2D eigenvalue weighted by Crippen LogP contribution is -2.41. The molecule has 5 rings (SSSR count). The first-order valence-electron chi connectivity index (χ1n) is 13.9. The molecule has 0 unspecified atom stereocenters. The first-order valence-corrected chi connectivity index (χ1v) is 13.9. The molecule has 9 heteroatoms. The van der Waals surface area contributed by atoms with Crippen LogP contribution in [-0.2, 0) is 14.0 Å². The number of methoxy groups -OCH3 is 2. The van der Waals surface area contributed by atoms with Crippen molar-refractivity contribution in [3.05, 3.63) is 88.4 Å². The quantitative estimate of drug-likeness (QED) is 0.247. The molecule has 0 radical (unpaired) electrons. The number of nitrogens with one attached hydrogen (secondary N) is 1. The van der Waals surface area contributed by atoms with Gasteiger partial charge in [-0.15, -0.1) is 0 Å². The zero-order valence-corrected chi connectivity index (χ0v) is 24.9. The molecular formula is C33H36BNO7. The van der Waals surface area contributed by atoms with Crippen LogP contribution >= 0.6 is 0 Å². The average Bonchev–Trinajstić information content (AvgIpc) is 3.42. The van der Waals surface area contributed by atoms with Gasteiger partial charge in [-0.1, -0.05) is 48.5 Å². The molecule has 1 aliphatic heterocycles. The zero-order valence-electron chi connectivity index (χ0n) is 24.9. The van der Waals surface area contributed by atoms with Crippen LogP contribution in [0, 0.1) is 0 Å². The zero-order chi connectivity index (χ0) is 30.1. The minimum absolute atomic E-state index is 0.0499. The molecule has 1 N–H and O–H groups in total. The molecule has 2 aliphatic rings. The van der Waals surface area contributed by atoms with Crippen LogP contribution in [0.15, 0.2) is 66.1 Å². The summed E-state index contributed by atoms with van der Waals surface area (Å²) < 4.78 is 29.6. The van der Waals surface area contributed by atoms with Crippen molar-refractivity contribution < 1.29 is 33.1 Å². The first kappa shape index (κ1) is 29.4. The molecule has 0 atom stereocenters. The highest BCUT2D eigenvalue weighted by atomic mass is 16.7. The third kappa shape index (κ3) is 5.54. The lowest BCUT2D eigenvalue weighted by Gasteiger charge is -2.32. The van der Waals surface area contributed by atoms with Crippen LogP contribution in [0.3, 0.4) is 0 Å². The number of amides is 1. The smallest absolute Gasteiger partial charge is 0.492 e. The standard InChI is InChI=1S/C33H36BNO7/c1-32(2)33(3,4)42-34(41-32)22(17-27-29(38-5)15-21(19-36)16-30(27)39-6)18-35-31(37)40-20-28-25-13-9-7-11-23(25)24-12-8-10-14-26(24)28/h7-17,19,28H,18,20H2,1-6H3,(H,35,37). The summed E-state index contributed by atoms with van der Waals surface area (Å²) in [6.45, 7) is 8.12. The van der Waals surface area contributed by atoms with E-state index in [2.05, 4.69) is 29.6 Å². The molecule has 3 aromatic carbocycles. The van der Waals surface area contributed by atoms with Gasteiger partial charge in [0.2, 0.25) is 0 Å². The largest absolute Gasteiger partial charge is 0.496 e. The molecule has 218 valence electrons. The van der Waals surface area contributed by atoms with E-state index in [1.807, 2.05) is 52.0 Å². The Morgan fingerprint density at radius 3 is 1.93 bits per heavy atom. The number of hydrogen-bond donors (Lipinski definition) is 1. The molecule has 1 amide bonds. The maximum absolute atomic E-state index is 13.0. The van der Waals surface area contributed by atoms with Crippen LogP contribution in [0.4, 0.5) is 4.79 Å². The van der Waals surface area contributed by atoms with Gasteiger partial charge in [-0.25, -0.2) is 4.79 Å². The van der Waals surface area contributed by atoms with Crippen LogP contribution in [0.1, 0.15) is 60.7 Å². The lowest BCUT2D eigenvalue weighted by atomic mass is 9.76. The van der Waals surface area contributed by atoms with Crippen molar-refractivity contribution in [2.24, 2.45) is 0 Å². The Balaban J connectivity index is 1.38. The van der Waals surface area contributed by atoms with Crippen molar-refractivity contribution in [1.29, 1.82) is 0 Å². The number of hydrogen-bond acceptors (Lipinski definition) is 7. The van der Waals surface area contributed by atoms with E-state index in [9.17, 15) is 9.59 Å². The van der Waals surface area contributed by atoms with Crippen LogP contribution in [0.2, 0.25) is 0 Å². The Morgan fingerprint density at radius 1 is 0.905 bits per heavy atom. The van der Waals surface area contributed by atoms with Gasteiger partial charge in [0.25, 0.3) is 0 Å². The van der Waals surface area contributed by atoms with E-state index in [1.165, 1.54) is 14.2 Å². The second kappa shape index (κ2) is 11.7. The van der Waals surface area contributed by atoms with Crippen molar-refractivity contribution in [1.82, 2.24) is 5.32 Å². The third-order valence-corrected chi connectivity index (χ3v) is 8.37. The van der Waals surface area contributed by atoms with Gasteiger partial charge in [-0.05, 0) is 73.6 Å². The molecule has 0 spiro atoms. The van der Waals surface area contributed by atoms with E-state index in [1.54, 1.807) is 18.2 Å². The second-order valence-electron chi connectivity index (χ2n) is 11.4.